The van der Waals surface area contributed by atoms with Crippen LogP contribution in [-0.2, 0) is 11.8 Å². The first kappa shape index (κ1) is 12.0. The number of benzene rings is 1. The molecule has 3 amide bonds. The van der Waals surface area contributed by atoms with Gasteiger partial charge in [-0.2, -0.15) is 5.10 Å². The van der Waals surface area contributed by atoms with Gasteiger partial charge in [0.1, 0.15) is 0 Å². The molecule has 7 heteroatoms. The van der Waals surface area contributed by atoms with Gasteiger partial charge in [-0.25, -0.2) is 4.79 Å². The first-order valence-electron chi connectivity index (χ1n) is 5.83. The molecule has 0 spiro atoms. The van der Waals surface area contributed by atoms with E-state index in [4.69, 9.17) is 0 Å². The highest BCUT2D eigenvalue weighted by molar-refractivity contribution is 7.80. The first-order valence-corrected chi connectivity index (χ1v) is 6.28. The molecule has 0 atom stereocenters. The fourth-order valence-electron chi connectivity index (χ4n) is 2.19. The van der Waals surface area contributed by atoms with Crippen molar-refractivity contribution in [1.82, 2.24) is 15.1 Å². The first-order chi connectivity index (χ1) is 9.06. The molecule has 2 heterocycles. The average molecular weight is 276 g/mol. The minimum atomic E-state index is -0.425. The highest BCUT2D eigenvalue weighted by atomic mass is 32.1. The molecule has 98 valence electrons. The molecule has 2 aromatic rings. The molecule has 1 saturated heterocycles. The van der Waals surface area contributed by atoms with E-state index in [1.165, 1.54) is 4.90 Å². The number of fused-ring (bicyclic) bond motifs is 1. The standard InChI is InChI=1S/C12H12N4O2S/c1-15-9-6-7(19)2-3-8(9)11(14-15)16-5-4-10(17)13-12(16)18/h2-3,6,19H,4-5H2,1H3,(H,13,17,18). The molecular formula is C12H12N4O2S. The van der Waals surface area contributed by atoms with E-state index in [2.05, 4.69) is 23.0 Å². The van der Waals surface area contributed by atoms with Crippen molar-refractivity contribution >= 4 is 41.3 Å². The largest absolute Gasteiger partial charge is 0.329 e. The zero-order chi connectivity index (χ0) is 13.6. The molecule has 0 unspecified atom stereocenters. The Balaban J connectivity index is 2.10. The Hall–Kier alpha value is -2.02. The van der Waals surface area contributed by atoms with Gasteiger partial charge >= 0.3 is 6.03 Å². The lowest BCUT2D eigenvalue weighted by Crippen LogP contribution is -2.49. The average Bonchev–Trinajstić information content (AvgIpc) is 2.66. The van der Waals surface area contributed by atoms with Crippen molar-refractivity contribution in [3.8, 4) is 0 Å². The van der Waals surface area contributed by atoms with Crippen LogP contribution in [0.3, 0.4) is 0 Å². The summed E-state index contributed by atoms with van der Waals surface area (Å²) in [4.78, 5) is 25.3. The summed E-state index contributed by atoms with van der Waals surface area (Å²) in [5.74, 6) is 0.315. The summed E-state index contributed by atoms with van der Waals surface area (Å²) in [6.45, 7) is 0.347. The van der Waals surface area contributed by atoms with Gasteiger partial charge in [0.25, 0.3) is 0 Å². The van der Waals surface area contributed by atoms with Gasteiger partial charge in [-0.05, 0) is 18.2 Å². The quantitative estimate of drug-likeness (QED) is 0.772. The van der Waals surface area contributed by atoms with Crippen LogP contribution in [0, 0.1) is 0 Å². The number of imide groups is 1. The molecule has 19 heavy (non-hydrogen) atoms. The van der Waals surface area contributed by atoms with Gasteiger partial charge < -0.3 is 0 Å². The molecule has 1 aliphatic rings. The molecule has 1 aromatic heterocycles. The lowest BCUT2D eigenvalue weighted by Gasteiger charge is -2.24. The topological polar surface area (TPSA) is 67.2 Å². The van der Waals surface area contributed by atoms with Crippen LogP contribution in [0.5, 0.6) is 0 Å². The Kier molecular flexibility index (Phi) is 2.70. The molecule has 0 saturated carbocycles. The molecular weight excluding hydrogens is 264 g/mol. The van der Waals surface area contributed by atoms with Gasteiger partial charge in [-0.3, -0.25) is 19.7 Å². The number of nitrogens with zero attached hydrogens (tertiary/aromatic N) is 3. The van der Waals surface area contributed by atoms with Gasteiger partial charge in [0.2, 0.25) is 5.91 Å². The molecule has 1 aromatic carbocycles. The molecule has 1 fully saturated rings. The zero-order valence-electron chi connectivity index (χ0n) is 10.3. The van der Waals surface area contributed by atoms with Crippen LogP contribution < -0.4 is 10.2 Å². The predicted molar refractivity (Wildman–Crippen MR) is 73.5 cm³/mol. The Bertz CT molecular complexity index is 694. The molecule has 0 radical (unpaired) electrons. The number of rotatable bonds is 1. The lowest BCUT2D eigenvalue weighted by atomic mass is 10.2. The van der Waals surface area contributed by atoms with Crippen LogP contribution in [0.25, 0.3) is 10.9 Å². The zero-order valence-corrected chi connectivity index (χ0v) is 11.1. The Morgan fingerprint density at radius 3 is 2.89 bits per heavy atom. The van der Waals surface area contributed by atoms with Gasteiger partial charge in [-0.15, -0.1) is 12.6 Å². The Labute approximate surface area is 114 Å². The molecule has 0 aliphatic carbocycles. The molecule has 1 N–H and O–H groups in total. The number of aromatic nitrogens is 2. The van der Waals surface area contributed by atoms with Crippen molar-refractivity contribution in [2.24, 2.45) is 7.05 Å². The molecule has 6 nitrogen and oxygen atoms in total. The summed E-state index contributed by atoms with van der Waals surface area (Å²) >= 11 is 4.29. The van der Waals surface area contributed by atoms with Crippen LogP contribution >= 0.6 is 12.6 Å². The van der Waals surface area contributed by atoms with Crippen molar-refractivity contribution in [2.75, 3.05) is 11.4 Å². The monoisotopic (exact) mass is 276 g/mol. The number of hydrogen-bond acceptors (Lipinski definition) is 4. The lowest BCUT2D eigenvalue weighted by molar-refractivity contribution is -0.120. The number of nitrogens with one attached hydrogen (secondary N) is 1. The van der Waals surface area contributed by atoms with E-state index >= 15 is 0 Å². The van der Waals surface area contributed by atoms with E-state index in [1.54, 1.807) is 4.68 Å². The van der Waals surface area contributed by atoms with E-state index in [0.29, 0.717) is 12.4 Å². The fourth-order valence-corrected chi connectivity index (χ4v) is 2.39. The van der Waals surface area contributed by atoms with Crippen LogP contribution in [0.4, 0.5) is 10.6 Å². The summed E-state index contributed by atoms with van der Waals surface area (Å²) in [6.07, 6.45) is 0.286. The Morgan fingerprint density at radius 2 is 2.16 bits per heavy atom. The minimum Gasteiger partial charge on any atom is -0.278 e. The number of carbonyl (C=O) groups excluding carboxylic acids is 2. The summed E-state index contributed by atoms with van der Waals surface area (Å²) in [7, 11) is 1.81. The van der Waals surface area contributed by atoms with E-state index < -0.39 is 6.03 Å². The van der Waals surface area contributed by atoms with E-state index in [1.807, 2.05) is 25.2 Å². The van der Waals surface area contributed by atoms with Gasteiger partial charge in [0.15, 0.2) is 5.82 Å². The van der Waals surface area contributed by atoms with Crippen LogP contribution in [0.1, 0.15) is 6.42 Å². The number of carbonyl (C=O) groups is 2. The molecule has 0 bridgehead atoms. The van der Waals surface area contributed by atoms with Crippen molar-refractivity contribution in [3.05, 3.63) is 18.2 Å². The third-order valence-corrected chi connectivity index (χ3v) is 3.40. The van der Waals surface area contributed by atoms with Gasteiger partial charge in [-0.1, -0.05) is 0 Å². The van der Waals surface area contributed by atoms with E-state index in [9.17, 15) is 9.59 Å². The number of thiol groups is 1. The van der Waals surface area contributed by atoms with Crippen molar-refractivity contribution in [2.45, 2.75) is 11.3 Å². The second-order valence-electron chi connectivity index (χ2n) is 4.40. The summed E-state index contributed by atoms with van der Waals surface area (Å²) in [5.41, 5.74) is 0.896. The van der Waals surface area contributed by atoms with E-state index in [0.717, 1.165) is 15.8 Å². The van der Waals surface area contributed by atoms with Crippen LogP contribution in [0.15, 0.2) is 23.1 Å². The maximum absolute atomic E-state index is 11.9. The second kappa shape index (κ2) is 4.27. The van der Waals surface area contributed by atoms with Crippen molar-refractivity contribution < 1.29 is 9.59 Å². The molecule has 3 rings (SSSR count). The summed E-state index contributed by atoms with van der Waals surface area (Å²) in [5, 5.41) is 7.53. The van der Waals surface area contributed by atoms with Gasteiger partial charge in [0.05, 0.1) is 5.52 Å². The summed E-state index contributed by atoms with van der Waals surface area (Å²) in [6, 6.07) is 5.20. The number of anilines is 1. The Morgan fingerprint density at radius 1 is 1.37 bits per heavy atom. The highest BCUT2D eigenvalue weighted by Gasteiger charge is 2.27. The van der Waals surface area contributed by atoms with Gasteiger partial charge in [0, 0.05) is 30.3 Å². The van der Waals surface area contributed by atoms with Crippen molar-refractivity contribution in [1.29, 1.82) is 0 Å². The normalized spacial score (nSPS) is 16.0. The van der Waals surface area contributed by atoms with E-state index in [-0.39, 0.29) is 12.3 Å². The third kappa shape index (κ3) is 1.95. The summed E-state index contributed by atoms with van der Waals surface area (Å²) < 4.78 is 1.70. The number of hydrogen-bond donors (Lipinski definition) is 2. The van der Waals surface area contributed by atoms with Crippen LogP contribution in [0.2, 0.25) is 0 Å². The van der Waals surface area contributed by atoms with Crippen LogP contribution in [-0.4, -0.2) is 28.3 Å². The molecule has 1 aliphatic heterocycles. The smallest absolute Gasteiger partial charge is 0.278 e. The fraction of sp³-hybridized carbons (Fsp3) is 0.250. The second-order valence-corrected chi connectivity index (χ2v) is 4.92. The van der Waals surface area contributed by atoms with Crippen molar-refractivity contribution in [3.63, 3.8) is 0 Å². The maximum atomic E-state index is 11.9. The highest BCUT2D eigenvalue weighted by Crippen LogP contribution is 2.28. The number of amides is 3. The minimum absolute atomic E-state index is 0.251. The number of urea groups is 1. The third-order valence-electron chi connectivity index (χ3n) is 3.13. The number of aryl methyl sites for hydroxylation is 1. The maximum Gasteiger partial charge on any atom is 0.329 e. The SMILES string of the molecule is Cn1nc(N2CCC(=O)NC2=O)c2ccc(S)cc21. The predicted octanol–water partition coefficient (Wildman–Crippen LogP) is 1.31.